The smallest absolute Gasteiger partial charge is 0.128 e. The Bertz CT molecular complexity index is 349. The quantitative estimate of drug-likeness (QED) is 0.690. The van der Waals surface area contributed by atoms with Crippen LogP contribution in [0.3, 0.4) is 0 Å². The number of aliphatic hydroxyl groups excluding tert-OH is 1. The Kier molecular flexibility index (Phi) is 2.42. The van der Waals surface area contributed by atoms with E-state index < -0.39 is 6.10 Å². The summed E-state index contributed by atoms with van der Waals surface area (Å²) < 4.78 is 18.6. The summed E-state index contributed by atoms with van der Waals surface area (Å²) >= 11 is 0. The fourth-order valence-corrected chi connectivity index (χ4v) is 1.81. The van der Waals surface area contributed by atoms with Crippen LogP contribution in [0.15, 0.2) is 12.1 Å². The lowest BCUT2D eigenvalue weighted by molar-refractivity contribution is 0.167. The summed E-state index contributed by atoms with van der Waals surface area (Å²) in [4.78, 5) is 0. The second kappa shape index (κ2) is 3.58. The summed E-state index contributed by atoms with van der Waals surface area (Å²) in [6.07, 6.45) is 0.842. The highest BCUT2D eigenvalue weighted by atomic mass is 19.1. The number of ether oxygens (including phenoxy) is 1. The number of aryl methyl sites for hydroxylation is 1. The second-order valence-electron chi connectivity index (χ2n) is 3.65. The maximum Gasteiger partial charge on any atom is 0.128 e. The van der Waals surface area contributed by atoms with Crippen molar-refractivity contribution in [2.75, 3.05) is 6.61 Å². The van der Waals surface area contributed by atoms with E-state index >= 15 is 0 Å². The molecule has 0 aliphatic carbocycles. The first kappa shape index (κ1) is 9.46. The standard InChI is InChI=1S/C11H13FO2/c1-7-5-8(12)6-9-10(13)3-2-4-14-11(7)9/h5-6,10,13H,2-4H2,1H3/t10-/m0/s1. The number of rotatable bonds is 0. The van der Waals surface area contributed by atoms with Crippen molar-refractivity contribution in [3.8, 4) is 5.75 Å². The van der Waals surface area contributed by atoms with Gasteiger partial charge in [0.05, 0.1) is 12.7 Å². The number of hydrogen-bond acceptors (Lipinski definition) is 2. The third-order valence-corrected chi connectivity index (χ3v) is 2.50. The molecule has 76 valence electrons. The van der Waals surface area contributed by atoms with Crippen LogP contribution in [0.2, 0.25) is 0 Å². The van der Waals surface area contributed by atoms with E-state index in [0.29, 0.717) is 24.3 Å². The molecule has 1 aromatic rings. The van der Waals surface area contributed by atoms with Crippen LogP contribution in [0, 0.1) is 12.7 Å². The summed E-state index contributed by atoms with van der Waals surface area (Å²) in [5, 5.41) is 9.74. The second-order valence-corrected chi connectivity index (χ2v) is 3.65. The van der Waals surface area contributed by atoms with Crippen LogP contribution in [-0.2, 0) is 0 Å². The predicted octanol–water partition coefficient (Wildman–Crippen LogP) is 2.34. The summed E-state index contributed by atoms with van der Waals surface area (Å²) in [7, 11) is 0. The maximum atomic E-state index is 13.1. The monoisotopic (exact) mass is 196 g/mol. The molecular formula is C11H13FO2. The Labute approximate surface area is 82.3 Å². The number of halogens is 1. The van der Waals surface area contributed by atoms with E-state index in [1.165, 1.54) is 12.1 Å². The average molecular weight is 196 g/mol. The van der Waals surface area contributed by atoms with E-state index in [0.717, 1.165) is 12.0 Å². The van der Waals surface area contributed by atoms with Crippen molar-refractivity contribution in [1.82, 2.24) is 0 Å². The Morgan fingerprint density at radius 2 is 2.29 bits per heavy atom. The Morgan fingerprint density at radius 3 is 3.07 bits per heavy atom. The topological polar surface area (TPSA) is 29.5 Å². The minimum atomic E-state index is -0.595. The van der Waals surface area contributed by atoms with E-state index in [1.54, 1.807) is 6.92 Å². The summed E-state index contributed by atoms with van der Waals surface area (Å²) in [5.74, 6) is 0.335. The zero-order chi connectivity index (χ0) is 10.1. The van der Waals surface area contributed by atoms with Gasteiger partial charge in [-0.05, 0) is 37.5 Å². The highest BCUT2D eigenvalue weighted by Crippen LogP contribution is 2.34. The molecule has 3 heteroatoms. The van der Waals surface area contributed by atoms with Gasteiger partial charge in [0.15, 0.2) is 0 Å². The Balaban J connectivity index is 2.53. The number of hydrogen-bond donors (Lipinski definition) is 1. The van der Waals surface area contributed by atoms with E-state index in [-0.39, 0.29) is 5.82 Å². The van der Waals surface area contributed by atoms with Crippen LogP contribution in [0.1, 0.15) is 30.1 Å². The number of fused-ring (bicyclic) bond motifs is 1. The zero-order valence-corrected chi connectivity index (χ0v) is 8.09. The summed E-state index contributed by atoms with van der Waals surface area (Å²) in [6.45, 7) is 2.39. The molecule has 1 aromatic carbocycles. The summed E-state index contributed by atoms with van der Waals surface area (Å²) in [6, 6.07) is 2.79. The highest BCUT2D eigenvalue weighted by Gasteiger charge is 2.19. The molecule has 0 saturated heterocycles. The molecule has 0 bridgehead atoms. The van der Waals surface area contributed by atoms with Gasteiger partial charge in [-0.15, -0.1) is 0 Å². The van der Waals surface area contributed by atoms with Gasteiger partial charge in [-0.1, -0.05) is 0 Å². The van der Waals surface area contributed by atoms with E-state index in [1.807, 2.05) is 0 Å². The van der Waals surface area contributed by atoms with Gasteiger partial charge in [0.25, 0.3) is 0 Å². The number of aliphatic hydroxyl groups is 1. The normalized spacial score (nSPS) is 20.9. The van der Waals surface area contributed by atoms with Crippen LogP contribution in [0.25, 0.3) is 0 Å². The van der Waals surface area contributed by atoms with Crippen LogP contribution in [-0.4, -0.2) is 11.7 Å². The van der Waals surface area contributed by atoms with Crippen LogP contribution in [0.4, 0.5) is 4.39 Å². The first-order valence-electron chi connectivity index (χ1n) is 4.79. The molecule has 1 heterocycles. The minimum Gasteiger partial charge on any atom is -0.493 e. The van der Waals surface area contributed by atoms with Gasteiger partial charge in [0.2, 0.25) is 0 Å². The number of benzene rings is 1. The molecule has 0 aromatic heterocycles. The molecule has 1 aliphatic rings. The first-order chi connectivity index (χ1) is 6.68. The lowest BCUT2D eigenvalue weighted by Gasteiger charge is -2.13. The molecular weight excluding hydrogens is 183 g/mol. The van der Waals surface area contributed by atoms with Crippen molar-refractivity contribution in [2.24, 2.45) is 0 Å². The van der Waals surface area contributed by atoms with E-state index in [2.05, 4.69) is 0 Å². The SMILES string of the molecule is Cc1cc(F)cc2c1OCCC[C@@H]2O. The Hall–Kier alpha value is -1.09. The fraction of sp³-hybridized carbons (Fsp3) is 0.455. The molecule has 0 fully saturated rings. The molecule has 0 amide bonds. The van der Waals surface area contributed by atoms with E-state index in [9.17, 15) is 9.50 Å². The Morgan fingerprint density at radius 1 is 1.50 bits per heavy atom. The van der Waals surface area contributed by atoms with Crippen LogP contribution < -0.4 is 4.74 Å². The van der Waals surface area contributed by atoms with Gasteiger partial charge in [0.1, 0.15) is 11.6 Å². The average Bonchev–Trinajstić information content (AvgIpc) is 2.29. The lowest BCUT2D eigenvalue weighted by Crippen LogP contribution is -1.99. The van der Waals surface area contributed by atoms with Gasteiger partial charge in [-0.2, -0.15) is 0 Å². The molecule has 1 aliphatic heterocycles. The molecule has 1 atom stereocenters. The third-order valence-electron chi connectivity index (χ3n) is 2.50. The van der Waals surface area contributed by atoms with E-state index in [4.69, 9.17) is 4.74 Å². The third kappa shape index (κ3) is 1.60. The van der Waals surface area contributed by atoms with Crippen molar-refractivity contribution >= 4 is 0 Å². The lowest BCUT2D eigenvalue weighted by atomic mass is 10.0. The van der Waals surface area contributed by atoms with Crippen LogP contribution in [0.5, 0.6) is 5.75 Å². The van der Waals surface area contributed by atoms with Crippen molar-refractivity contribution in [1.29, 1.82) is 0 Å². The highest BCUT2D eigenvalue weighted by molar-refractivity contribution is 5.43. The van der Waals surface area contributed by atoms with Gasteiger partial charge >= 0.3 is 0 Å². The molecule has 14 heavy (non-hydrogen) atoms. The fourth-order valence-electron chi connectivity index (χ4n) is 1.81. The van der Waals surface area contributed by atoms with Crippen LogP contribution >= 0.6 is 0 Å². The predicted molar refractivity (Wildman–Crippen MR) is 50.8 cm³/mol. The maximum absolute atomic E-state index is 13.1. The van der Waals surface area contributed by atoms with Gasteiger partial charge in [-0.3, -0.25) is 0 Å². The molecule has 2 rings (SSSR count). The molecule has 0 unspecified atom stereocenters. The molecule has 2 nitrogen and oxygen atoms in total. The molecule has 1 N–H and O–H groups in total. The van der Waals surface area contributed by atoms with Gasteiger partial charge in [0, 0.05) is 5.56 Å². The minimum absolute atomic E-state index is 0.314. The van der Waals surface area contributed by atoms with Crippen molar-refractivity contribution in [3.63, 3.8) is 0 Å². The molecule has 0 spiro atoms. The zero-order valence-electron chi connectivity index (χ0n) is 8.09. The largest absolute Gasteiger partial charge is 0.493 e. The molecule has 0 radical (unpaired) electrons. The van der Waals surface area contributed by atoms with Crippen molar-refractivity contribution < 1.29 is 14.2 Å². The summed E-state index contributed by atoms with van der Waals surface area (Å²) in [5.41, 5.74) is 1.33. The van der Waals surface area contributed by atoms with Gasteiger partial charge < -0.3 is 9.84 Å². The van der Waals surface area contributed by atoms with Crippen molar-refractivity contribution in [2.45, 2.75) is 25.9 Å². The van der Waals surface area contributed by atoms with Gasteiger partial charge in [-0.25, -0.2) is 4.39 Å². The first-order valence-corrected chi connectivity index (χ1v) is 4.79. The van der Waals surface area contributed by atoms with Crippen molar-refractivity contribution in [3.05, 3.63) is 29.1 Å². The molecule has 0 saturated carbocycles.